The second-order valence-electron chi connectivity index (χ2n) is 7.74. The highest BCUT2D eigenvalue weighted by molar-refractivity contribution is 6.31. The van der Waals surface area contributed by atoms with Gasteiger partial charge in [-0.25, -0.2) is 0 Å². The molecular formula is C19H14ClF5N6O3. The molecule has 2 aromatic heterocycles. The molecule has 0 aliphatic carbocycles. The average molecular weight is 505 g/mol. The van der Waals surface area contributed by atoms with E-state index in [-0.39, 0.29) is 44.8 Å². The number of carboxylic acids is 1. The zero-order valence-corrected chi connectivity index (χ0v) is 17.8. The maximum Gasteiger partial charge on any atom is 0.453 e. The van der Waals surface area contributed by atoms with Gasteiger partial charge in [0.25, 0.3) is 5.95 Å². The fraction of sp³-hybridized carbons (Fsp3) is 0.316. The van der Waals surface area contributed by atoms with Crippen molar-refractivity contribution in [1.82, 2.24) is 19.7 Å². The summed E-state index contributed by atoms with van der Waals surface area (Å²) in [4.78, 5) is 32.1. The summed E-state index contributed by atoms with van der Waals surface area (Å²) in [6.07, 6.45) is -8.05. The highest BCUT2D eigenvalue weighted by Crippen LogP contribution is 2.41. The molecule has 15 heteroatoms. The van der Waals surface area contributed by atoms with Crippen LogP contribution in [0.3, 0.4) is 0 Å². The standard InChI is InChI=1S/C19H14ClF5N6O3/c1-17(15(33)34)11-12(26)27-16(29-13(11)28-14(17)32)31-10-3-2-7(20)6-8(10)9(30-31)4-5-18(21,22)19(23,24)25/h2-3,6H,4-5H2,1H3,(H,33,34)(H3,26,27,28,29,32). The van der Waals surface area contributed by atoms with E-state index in [4.69, 9.17) is 17.3 Å². The molecule has 0 saturated carbocycles. The van der Waals surface area contributed by atoms with E-state index in [9.17, 15) is 36.6 Å². The maximum absolute atomic E-state index is 13.5. The molecule has 1 aromatic carbocycles. The second-order valence-corrected chi connectivity index (χ2v) is 8.18. The van der Waals surface area contributed by atoms with Gasteiger partial charge in [0, 0.05) is 16.8 Å². The number of aliphatic carboxylic acids is 1. The van der Waals surface area contributed by atoms with Crippen molar-refractivity contribution >= 4 is 46.0 Å². The van der Waals surface area contributed by atoms with E-state index in [0.29, 0.717) is 0 Å². The second kappa shape index (κ2) is 7.48. The number of nitrogen functional groups attached to an aromatic ring is 1. The van der Waals surface area contributed by atoms with Crippen molar-refractivity contribution in [3.63, 3.8) is 0 Å². The number of halogens is 6. The summed E-state index contributed by atoms with van der Waals surface area (Å²) in [6, 6.07) is 4.18. The van der Waals surface area contributed by atoms with Crippen LogP contribution in [0.4, 0.5) is 33.6 Å². The average Bonchev–Trinajstić information content (AvgIpc) is 3.21. The predicted octanol–water partition coefficient (Wildman–Crippen LogP) is 3.48. The third kappa shape index (κ3) is 3.48. The van der Waals surface area contributed by atoms with Gasteiger partial charge in [-0.15, -0.1) is 0 Å². The summed E-state index contributed by atoms with van der Waals surface area (Å²) in [7, 11) is 0. The summed E-state index contributed by atoms with van der Waals surface area (Å²) in [5.74, 6) is -8.15. The monoisotopic (exact) mass is 504 g/mol. The molecule has 9 nitrogen and oxygen atoms in total. The molecular weight excluding hydrogens is 491 g/mol. The van der Waals surface area contributed by atoms with E-state index in [1.54, 1.807) is 0 Å². The summed E-state index contributed by atoms with van der Waals surface area (Å²) < 4.78 is 65.8. The van der Waals surface area contributed by atoms with Gasteiger partial charge in [-0.2, -0.15) is 41.7 Å². The van der Waals surface area contributed by atoms with Crippen LogP contribution in [0.25, 0.3) is 16.9 Å². The Bertz CT molecular complexity index is 1360. The van der Waals surface area contributed by atoms with E-state index in [1.807, 2.05) is 0 Å². The predicted molar refractivity (Wildman–Crippen MR) is 109 cm³/mol. The number of aryl methyl sites for hydroxylation is 1. The van der Waals surface area contributed by atoms with Gasteiger partial charge in [0.2, 0.25) is 5.91 Å². The van der Waals surface area contributed by atoms with Crippen molar-refractivity contribution in [2.45, 2.75) is 37.3 Å². The van der Waals surface area contributed by atoms with Gasteiger partial charge in [-0.05, 0) is 31.5 Å². The quantitative estimate of drug-likeness (QED) is 0.357. The molecule has 1 unspecified atom stereocenters. The number of nitrogens with zero attached hydrogens (tertiary/aromatic N) is 4. The van der Waals surface area contributed by atoms with Gasteiger partial charge in [0.15, 0.2) is 5.41 Å². The first-order valence-corrected chi connectivity index (χ1v) is 9.89. The Labute approximate surface area is 191 Å². The van der Waals surface area contributed by atoms with Crippen LogP contribution in [0.1, 0.15) is 24.6 Å². The number of carboxylic acid groups (broad SMARTS) is 1. The lowest BCUT2D eigenvalue weighted by Crippen LogP contribution is -2.39. The van der Waals surface area contributed by atoms with Crippen molar-refractivity contribution in [2.24, 2.45) is 0 Å². The van der Waals surface area contributed by atoms with Crippen molar-refractivity contribution in [1.29, 1.82) is 0 Å². The number of carbonyl (C=O) groups excluding carboxylic acids is 1. The lowest BCUT2D eigenvalue weighted by atomic mass is 9.85. The maximum atomic E-state index is 13.5. The SMILES string of the molecule is CC1(C(=O)O)C(=O)Nc2nc(-n3nc(CCC(F)(F)C(F)(F)F)c4cc(Cl)ccc43)nc(N)c21. The first-order chi connectivity index (χ1) is 15.7. The molecule has 180 valence electrons. The zero-order valence-electron chi connectivity index (χ0n) is 17.0. The number of alkyl halides is 5. The van der Waals surface area contributed by atoms with Crippen LogP contribution in [0.2, 0.25) is 5.02 Å². The molecule has 4 rings (SSSR count). The first kappa shape index (κ1) is 23.6. The number of anilines is 2. The fourth-order valence-corrected chi connectivity index (χ4v) is 3.77. The molecule has 1 amide bonds. The summed E-state index contributed by atoms with van der Waals surface area (Å²) >= 11 is 5.97. The number of benzene rings is 1. The lowest BCUT2D eigenvalue weighted by molar-refractivity contribution is -0.284. The molecule has 3 heterocycles. The number of rotatable bonds is 5. The molecule has 4 N–H and O–H groups in total. The zero-order chi connectivity index (χ0) is 25.2. The smallest absolute Gasteiger partial charge is 0.453 e. The van der Waals surface area contributed by atoms with Gasteiger partial charge in [0.1, 0.15) is 11.6 Å². The van der Waals surface area contributed by atoms with Crippen LogP contribution in [-0.4, -0.2) is 48.8 Å². The van der Waals surface area contributed by atoms with Crippen LogP contribution in [0, 0.1) is 0 Å². The number of hydrogen-bond acceptors (Lipinski definition) is 6. The Morgan fingerprint density at radius 3 is 2.56 bits per heavy atom. The first-order valence-electron chi connectivity index (χ1n) is 9.51. The third-order valence-corrected chi connectivity index (χ3v) is 5.77. The summed E-state index contributed by atoms with van der Waals surface area (Å²) in [6.45, 7) is 1.13. The van der Waals surface area contributed by atoms with E-state index in [1.165, 1.54) is 18.2 Å². The van der Waals surface area contributed by atoms with E-state index >= 15 is 0 Å². The number of amides is 1. The number of aromatic nitrogens is 4. The van der Waals surface area contributed by atoms with Gasteiger partial charge < -0.3 is 16.2 Å². The molecule has 0 fully saturated rings. The molecule has 0 bridgehead atoms. The Hall–Kier alpha value is -3.55. The Morgan fingerprint density at radius 1 is 1.26 bits per heavy atom. The molecule has 1 aliphatic rings. The largest absolute Gasteiger partial charge is 0.480 e. The van der Waals surface area contributed by atoms with E-state index in [0.717, 1.165) is 11.6 Å². The molecule has 0 spiro atoms. The van der Waals surface area contributed by atoms with Gasteiger partial charge in [-0.1, -0.05) is 11.6 Å². The van der Waals surface area contributed by atoms with E-state index in [2.05, 4.69) is 20.4 Å². The fourth-order valence-electron chi connectivity index (χ4n) is 3.60. The van der Waals surface area contributed by atoms with Crippen LogP contribution in [0.5, 0.6) is 0 Å². The van der Waals surface area contributed by atoms with Crippen LogP contribution in [0.15, 0.2) is 18.2 Å². The Morgan fingerprint density at radius 2 is 1.94 bits per heavy atom. The number of fused-ring (bicyclic) bond motifs is 2. The number of nitrogens with two attached hydrogens (primary N) is 1. The van der Waals surface area contributed by atoms with Crippen molar-refractivity contribution < 1.29 is 36.6 Å². The minimum Gasteiger partial charge on any atom is -0.480 e. The molecule has 0 radical (unpaired) electrons. The topological polar surface area (TPSA) is 136 Å². The highest BCUT2D eigenvalue weighted by Gasteiger charge is 2.57. The van der Waals surface area contributed by atoms with Crippen LogP contribution in [-0.2, 0) is 21.4 Å². The van der Waals surface area contributed by atoms with Crippen LogP contribution >= 0.6 is 11.6 Å². The Balaban J connectivity index is 1.83. The van der Waals surface area contributed by atoms with Crippen molar-refractivity contribution in [2.75, 3.05) is 11.1 Å². The van der Waals surface area contributed by atoms with Crippen molar-refractivity contribution in [3.05, 3.63) is 34.5 Å². The number of carbonyl (C=O) groups is 2. The van der Waals surface area contributed by atoms with E-state index < -0.39 is 42.2 Å². The highest BCUT2D eigenvalue weighted by atomic mass is 35.5. The minimum atomic E-state index is -5.73. The Kier molecular flexibility index (Phi) is 5.19. The van der Waals surface area contributed by atoms with Crippen molar-refractivity contribution in [3.8, 4) is 5.95 Å². The summed E-state index contributed by atoms with van der Waals surface area (Å²) in [5.41, 5.74) is 3.79. The molecule has 3 aromatic rings. The van der Waals surface area contributed by atoms with Gasteiger partial charge in [-0.3, -0.25) is 9.59 Å². The minimum absolute atomic E-state index is 0.136. The molecule has 1 aliphatic heterocycles. The summed E-state index contributed by atoms with van der Waals surface area (Å²) in [5, 5.41) is 16.3. The molecule has 1 atom stereocenters. The molecule has 34 heavy (non-hydrogen) atoms. The number of hydrogen-bond donors (Lipinski definition) is 3. The molecule has 0 saturated heterocycles. The normalized spacial score (nSPS) is 18.3. The van der Waals surface area contributed by atoms with Gasteiger partial charge in [0.05, 0.1) is 16.8 Å². The third-order valence-electron chi connectivity index (χ3n) is 5.54. The van der Waals surface area contributed by atoms with Crippen LogP contribution < -0.4 is 11.1 Å². The lowest BCUT2D eigenvalue weighted by Gasteiger charge is -2.18. The van der Waals surface area contributed by atoms with Gasteiger partial charge >= 0.3 is 18.1 Å². The number of nitrogens with one attached hydrogen (secondary N) is 1.